The Morgan fingerprint density at radius 2 is 1.31 bits per heavy atom. The molecule has 9 nitrogen and oxygen atoms in total. The number of nitrogens with zero attached hydrogens (tertiary/aromatic N) is 1. The topological polar surface area (TPSA) is 122 Å². The number of amides is 1. The lowest BCUT2D eigenvalue weighted by Gasteiger charge is -2.25. The molecule has 0 aromatic carbocycles. The number of quaternary nitrogens is 1. The molecule has 1 unspecified atom stereocenters. The number of phosphoric acid groups is 1. The predicted octanol–water partition coefficient (Wildman–Crippen LogP) is 9.25. The number of nitrogens with one attached hydrogen (secondary N) is 1. The number of aliphatic hydroxyl groups is 1. The van der Waals surface area contributed by atoms with Crippen molar-refractivity contribution in [1.29, 1.82) is 0 Å². The Morgan fingerprint density at radius 3 is 2.02 bits per heavy atom. The van der Waals surface area contributed by atoms with Crippen molar-refractivity contribution in [1.82, 2.24) is 5.32 Å². The van der Waals surface area contributed by atoms with Gasteiger partial charge in [-0.05, 0) is 63.9 Å². The molecule has 0 heterocycles. The highest BCUT2D eigenvalue weighted by atomic mass is 31.2. The van der Waals surface area contributed by atoms with Gasteiger partial charge in [0.05, 0.1) is 39.9 Å². The van der Waals surface area contributed by atoms with Crippen LogP contribution < -0.4 is 5.32 Å². The molecule has 3 N–H and O–H groups in total. The van der Waals surface area contributed by atoms with E-state index in [1.54, 1.807) is 12.2 Å². The van der Waals surface area contributed by atoms with Crippen molar-refractivity contribution in [3.8, 4) is 0 Å². The van der Waals surface area contributed by atoms with E-state index in [2.05, 4.69) is 55.6 Å². The first-order valence-corrected chi connectivity index (χ1v) is 20.8. The SMILES string of the molecule is CCCCC/C=C\C/C=C\C/C=C\C=C\C(=O)CCCC(=O)N[C@@H](COP(=O)(O)OCC[N+](C)(C)C)[C@H](O)/C=C/CC/C=C\CCCCCCC. The fourth-order valence-corrected chi connectivity index (χ4v) is 5.45. The van der Waals surface area contributed by atoms with Crippen molar-refractivity contribution in [3.05, 3.63) is 72.9 Å². The van der Waals surface area contributed by atoms with E-state index in [9.17, 15) is 24.2 Å². The zero-order chi connectivity index (χ0) is 38.1. The molecule has 1 amide bonds. The Balaban J connectivity index is 4.80. The molecule has 0 radical (unpaired) electrons. The summed E-state index contributed by atoms with van der Waals surface area (Å²) in [5.41, 5.74) is 0. The maximum absolute atomic E-state index is 12.8. The number of rotatable bonds is 33. The fraction of sp³-hybridized carbons (Fsp3) is 0.659. The second kappa shape index (κ2) is 32.3. The smallest absolute Gasteiger partial charge is 0.387 e. The molecule has 0 aromatic rings. The van der Waals surface area contributed by atoms with Crippen molar-refractivity contribution >= 4 is 19.5 Å². The molecule has 0 spiro atoms. The molecule has 3 atom stereocenters. The second-order valence-electron chi connectivity index (χ2n) is 14.0. The predicted molar refractivity (Wildman–Crippen MR) is 212 cm³/mol. The molecule has 0 aliphatic rings. The quantitative estimate of drug-likeness (QED) is 0.0153. The van der Waals surface area contributed by atoms with Crippen LogP contribution in [0.4, 0.5) is 0 Å². The summed E-state index contributed by atoms with van der Waals surface area (Å²) in [6, 6.07) is -0.980. The minimum absolute atomic E-state index is 0.00938. The summed E-state index contributed by atoms with van der Waals surface area (Å²) in [5.74, 6) is -0.479. The summed E-state index contributed by atoms with van der Waals surface area (Å²) in [7, 11) is 1.39. The Hall–Kier alpha value is -2.39. The molecule has 51 heavy (non-hydrogen) atoms. The number of carbonyl (C=O) groups excluding carboxylic acids is 2. The van der Waals surface area contributed by atoms with Gasteiger partial charge in [0.25, 0.3) is 0 Å². The number of hydrogen-bond acceptors (Lipinski definition) is 6. The van der Waals surface area contributed by atoms with Gasteiger partial charge in [-0.2, -0.15) is 0 Å². The van der Waals surface area contributed by atoms with Gasteiger partial charge in [-0.1, -0.05) is 119 Å². The van der Waals surface area contributed by atoms with Gasteiger partial charge in [0.1, 0.15) is 13.2 Å². The summed E-state index contributed by atoms with van der Waals surface area (Å²) in [5, 5.41) is 13.6. The minimum atomic E-state index is -4.41. The zero-order valence-electron chi connectivity index (χ0n) is 32.6. The number of carbonyl (C=O) groups is 2. The van der Waals surface area contributed by atoms with E-state index in [1.807, 2.05) is 39.4 Å². The number of hydrogen-bond donors (Lipinski definition) is 3. The van der Waals surface area contributed by atoms with Crippen LogP contribution in [0.5, 0.6) is 0 Å². The van der Waals surface area contributed by atoms with Gasteiger partial charge in [-0.25, -0.2) is 4.57 Å². The van der Waals surface area contributed by atoms with Crippen LogP contribution in [0.25, 0.3) is 0 Å². The lowest BCUT2D eigenvalue weighted by Crippen LogP contribution is -2.45. The molecule has 0 saturated carbocycles. The molecular weight excluding hydrogens is 663 g/mol. The van der Waals surface area contributed by atoms with Crippen LogP contribution in [0.3, 0.4) is 0 Å². The van der Waals surface area contributed by atoms with Crippen LogP contribution in [-0.4, -0.2) is 79.2 Å². The molecule has 0 aliphatic carbocycles. The Bertz CT molecular complexity index is 1120. The summed E-state index contributed by atoms with van der Waals surface area (Å²) in [6.07, 6.45) is 38.3. The van der Waals surface area contributed by atoms with Crippen molar-refractivity contribution < 1.29 is 37.7 Å². The molecule has 0 fully saturated rings. The zero-order valence-corrected chi connectivity index (χ0v) is 33.4. The van der Waals surface area contributed by atoms with Gasteiger partial charge in [-0.3, -0.25) is 18.6 Å². The van der Waals surface area contributed by atoms with Gasteiger partial charge in [0.15, 0.2) is 5.78 Å². The average Bonchev–Trinajstić information content (AvgIpc) is 3.06. The molecule has 10 heteroatoms. The number of phosphoric ester groups is 1. The lowest BCUT2D eigenvalue weighted by molar-refractivity contribution is -0.870. The van der Waals surface area contributed by atoms with Crippen molar-refractivity contribution in [3.63, 3.8) is 0 Å². The van der Waals surface area contributed by atoms with E-state index in [4.69, 9.17) is 9.05 Å². The highest BCUT2D eigenvalue weighted by Crippen LogP contribution is 2.43. The maximum Gasteiger partial charge on any atom is 0.472 e. The molecule has 0 rings (SSSR count). The highest BCUT2D eigenvalue weighted by Gasteiger charge is 2.27. The molecule has 0 bridgehead atoms. The van der Waals surface area contributed by atoms with E-state index < -0.39 is 32.5 Å². The molecule has 0 aromatic heterocycles. The normalized spacial score (nSPS) is 15.3. The number of allylic oxidation sites excluding steroid dienone is 11. The van der Waals surface area contributed by atoms with Crippen molar-refractivity contribution in [2.75, 3.05) is 40.9 Å². The van der Waals surface area contributed by atoms with E-state index in [0.29, 0.717) is 23.9 Å². The lowest BCUT2D eigenvalue weighted by atomic mass is 10.1. The summed E-state index contributed by atoms with van der Waals surface area (Å²) < 4.78 is 23.3. The van der Waals surface area contributed by atoms with Crippen LogP contribution in [0.2, 0.25) is 0 Å². The van der Waals surface area contributed by atoms with Crippen LogP contribution >= 0.6 is 7.82 Å². The molecular formula is C41H72N2O7P+. The first-order chi connectivity index (χ1) is 24.4. The van der Waals surface area contributed by atoms with Crippen molar-refractivity contribution in [2.24, 2.45) is 0 Å². The Labute approximate surface area is 310 Å². The third-order valence-corrected chi connectivity index (χ3v) is 8.86. The third kappa shape index (κ3) is 34.5. The fourth-order valence-electron chi connectivity index (χ4n) is 4.71. The van der Waals surface area contributed by atoms with E-state index >= 15 is 0 Å². The monoisotopic (exact) mass is 736 g/mol. The summed E-state index contributed by atoms with van der Waals surface area (Å²) in [4.78, 5) is 35.2. The van der Waals surface area contributed by atoms with Gasteiger partial charge in [0.2, 0.25) is 5.91 Å². The van der Waals surface area contributed by atoms with Gasteiger partial charge in [-0.15, -0.1) is 0 Å². The van der Waals surface area contributed by atoms with Crippen LogP contribution in [-0.2, 0) is 23.2 Å². The molecule has 292 valence electrons. The number of likely N-dealkylation sites (N-methyl/N-ethyl adjacent to an activating group) is 1. The summed E-state index contributed by atoms with van der Waals surface area (Å²) in [6.45, 7) is 4.49. The van der Waals surface area contributed by atoms with Crippen molar-refractivity contribution in [2.45, 2.75) is 135 Å². The van der Waals surface area contributed by atoms with Crippen LogP contribution in [0, 0.1) is 0 Å². The van der Waals surface area contributed by atoms with Gasteiger partial charge in [0, 0.05) is 12.8 Å². The third-order valence-electron chi connectivity index (χ3n) is 7.88. The van der Waals surface area contributed by atoms with Crippen LogP contribution in [0.1, 0.15) is 123 Å². The number of ketones is 1. The average molecular weight is 736 g/mol. The maximum atomic E-state index is 12.8. The Kier molecular flexibility index (Phi) is 30.8. The van der Waals surface area contributed by atoms with Gasteiger partial charge >= 0.3 is 7.82 Å². The second-order valence-corrected chi connectivity index (χ2v) is 15.4. The minimum Gasteiger partial charge on any atom is -0.387 e. The van der Waals surface area contributed by atoms with Crippen LogP contribution in [0.15, 0.2) is 72.9 Å². The highest BCUT2D eigenvalue weighted by molar-refractivity contribution is 7.47. The van der Waals surface area contributed by atoms with Gasteiger partial charge < -0.3 is 19.8 Å². The number of unbranched alkanes of at least 4 members (excludes halogenated alkanes) is 9. The standard InChI is InChI=1S/C41H71N2O7P/c1-6-8-10-12-14-16-18-19-21-22-24-26-28-31-38(44)32-30-34-41(46)42-39(37-50-51(47,48)49-36-35-43(3,4)5)40(45)33-29-27-25-23-20-17-15-13-11-9-7-2/h14,16,19-21,23-24,26,28-29,31,33,39-40,45H,6-13,15,17-18,22,25,27,30,32,34-37H2,1-5H3,(H-,42,46,47,48)/p+1/b16-14-,21-19-,23-20-,26-24-,31-28+,33-29+/t39-,40+/m0/s1. The van der Waals surface area contributed by atoms with E-state index in [-0.39, 0.29) is 25.2 Å². The number of aliphatic hydroxyl groups excluding tert-OH is 1. The first-order valence-electron chi connectivity index (χ1n) is 19.3. The first kappa shape index (κ1) is 48.6. The van der Waals surface area contributed by atoms with E-state index in [0.717, 1.165) is 32.1 Å². The largest absolute Gasteiger partial charge is 0.472 e. The Morgan fingerprint density at radius 1 is 0.725 bits per heavy atom. The molecule has 0 saturated heterocycles. The summed E-state index contributed by atoms with van der Waals surface area (Å²) >= 11 is 0. The molecule has 0 aliphatic heterocycles. The van der Waals surface area contributed by atoms with E-state index in [1.165, 1.54) is 57.4 Å².